The molecule has 1 aromatic carbocycles. The van der Waals surface area contributed by atoms with Crippen molar-refractivity contribution >= 4 is 39.3 Å². The van der Waals surface area contributed by atoms with Crippen LogP contribution in [0, 0.1) is 5.92 Å². The van der Waals surface area contributed by atoms with E-state index in [1.807, 2.05) is 27.7 Å². The van der Waals surface area contributed by atoms with Crippen LogP contribution in [0.1, 0.15) is 53.9 Å². The molecule has 1 saturated heterocycles. The summed E-state index contributed by atoms with van der Waals surface area (Å²) in [5.41, 5.74) is 0.0721. The van der Waals surface area contributed by atoms with Crippen LogP contribution in [0.15, 0.2) is 28.0 Å². The van der Waals surface area contributed by atoms with Crippen LogP contribution < -0.4 is 10.2 Å². The molecule has 1 atom stereocenters. The number of hydrogen-bond acceptors (Lipinski definition) is 5. The second kappa shape index (κ2) is 9.11. The van der Waals surface area contributed by atoms with Crippen LogP contribution in [0.4, 0.5) is 5.69 Å². The first-order valence-electron chi connectivity index (χ1n) is 10.8. The molecule has 2 aliphatic heterocycles. The number of piperidine rings is 1. The highest BCUT2D eigenvalue weighted by molar-refractivity contribution is 8.00. The summed E-state index contributed by atoms with van der Waals surface area (Å²) in [7, 11) is -3.66. The van der Waals surface area contributed by atoms with E-state index in [4.69, 9.17) is 0 Å². The molecule has 0 bridgehead atoms. The summed E-state index contributed by atoms with van der Waals surface area (Å²) in [6.45, 7) is 10.6. The molecule has 0 aromatic heterocycles. The minimum Gasteiger partial charge on any atom is -0.350 e. The van der Waals surface area contributed by atoms with E-state index in [9.17, 15) is 18.0 Å². The normalized spacial score (nSPS) is 21.5. The fourth-order valence-electron chi connectivity index (χ4n) is 3.87. The van der Waals surface area contributed by atoms with Crippen molar-refractivity contribution < 1.29 is 18.0 Å². The molecule has 0 spiro atoms. The van der Waals surface area contributed by atoms with E-state index in [1.54, 1.807) is 18.2 Å². The van der Waals surface area contributed by atoms with Crippen LogP contribution in [0.5, 0.6) is 0 Å². The summed E-state index contributed by atoms with van der Waals surface area (Å²) in [5, 5.41) is 2.92. The predicted molar refractivity (Wildman–Crippen MR) is 124 cm³/mol. The molecule has 2 amide bonds. The Hall–Kier alpha value is -1.58. The highest BCUT2D eigenvalue weighted by atomic mass is 32.2. The Balaban J connectivity index is 1.96. The molecule has 1 N–H and O–H groups in total. The molecule has 0 aliphatic carbocycles. The summed E-state index contributed by atoms with van der Waals surface area (Å²) in [5.74, 6) is 0.0691. The SMILES string of the molecule is CC1CCN(S(=O)(=O)c2ccc3c(c2)N(CC(=O)NC(C)(C)C)C(=O)C[C@@H](C)S3)CC1. The second-order valence-electron chi connectivity index (χ2n) is 9.63. The van der Waals surface area contributed by atoms with Gasteiger partial charge in [-0.05, 0) is 57.7 Å². The number of benzene rings is 1. The van der Waals surface area contributed by atoms with Crippen molar-refractivity contribution in [1.82, 2.24) is 9.62 Å². The standard InChI is InChI=1S/C22H33N3O4S2/c1-15-8-10-24(11-9-15)31(28,29)17-6-7-19-18(13-17)25(21(27)12-16(2)30-19)14-20(26)23-22(3,4)5/h6-7,13,15-16H,8-12,14H2,1-5H3,(H,23,26)/t16-/m1/s1. The van der Waals surface area contributed by atoms with Crippen molar-refractivity contribution in [1.29, 1.82) is 0 Å². The Labute approximate surface area is 190 Å². The maximum Gasteiger partial charge on any atom is 0.243 e. The number of nitrogens with zero attached hydrogens (tertiary/aromatic N) is 2. The van der Waals surface area contributed by atoms with Gasteiger partial charge >= 0.3 is 0 Å². The number of hydrogen-bond donors (Lipinski definition) is 1. The van der Waals surface area contributed by atoms with Gasteiger partial charge in [0, 0.05) is 35.2 Å². The van der Waals surface area contributed by atoms with E-state index >= 15 is 0 Å². The number of nitrogens with one attached hydrogen (secondary N) is 1. The van der Waals surface area contributed by atoms with Crippen molar-refractivity contribution in [2.75, 3.05) is 24.5 Å². The molecular formula is C22H33N3O4S2. The summed E-state index contributed by atoms with van der Waals surface area (Å²) in [4.78, 5) is 28.0. The third-order valence-electron chi connectivity index (χ3n) is 5.51. The van der Waals surface area contributed by atoms with Crippen LogP contribution in [0.25, 0.3) is 0 Å². The Morgan fingerprint density at radius 3 is 2.45 bits per heavy atom. The fraction of sp³-hybridized carbons (Fsp3) is 0.636. The molecule has 0 saturated carbocycles. The van der Waals surface area contributed by atoms with Gasteiger partial charge in [0.15, 0.2) is 0 Å². The van der Waals surface area contributed by atoms with Crippen molar-refractivity contribution in [3.63, 3.8) is 0 Å². The van der Waals surface area contributed by atoms with E-state index in [2.05, 4.69) is 12.2 Å². The highest BCUT2D eigenvalue weighted by Crippen LogP contribution is 2.39. The third-order valence-corrected chi connectivity index (χ3v) is 8.57. The van der Waals surface area contributed by atoms with Crippen molar-refractivity contribution in [3.05, 3.63) is 18.2 Å². The lowest BCUT2D eigenvalue weighted by atomic mass is 10.0. The highest BCUT2D eigenvalue weighted by Gasteiger charge is 2.32. The van der Waals surface area contributed by atoms with E-state index < -0.39 is 15.6 Å². The number of fused-ring (bicyclic) bond motifs is 1. The number of amides is 2. The molecule has 2 heterocycles. The summed E-state index contributed by atoms with van der Waals surface area (Å²) in [6, 6.07) is 4.95. The largest absolute Gasteiger partial charge is 0.350 e. The Morgan fingerprint density at radius 2 is 1.84 bits per heavy atom. The van der Waals surface area contributed by atoms with E-state index in [0.29, 0.717) is 24.7 Å². The van der Waals surface area contributed by atoms with Gasteiger partial charge in [0.1, 0.15) is 6.54 Å². The molecule has 9 heteroatoms. The zero-order chi connectivity index (χ0) is 23.0. The second-order valence-corrected chi connectivity index (χ2v) is 13.0. The lowest BCUT2D eigenvalue weighted by molar-refractivity contribution is -0.124. The van der Waals surface area contributed by atoms with Crippen LogP contribution in [-0.4, -0.2) is 55.0 Å². The number of anilines is 1. The Bertz CT molecular complexity index is 948. The summed E-state index contributed by atoms with van der Waals surface area (Å²) >= 11 is 1.53. The van der Waals surface area contributed by atoms with Gasteiger partial charge in [-0.2, -0.15) is 4.31 Å². The summed E-state index contributed by atoms with van der Waals surface area (Å²) < 4.78 is 28.1. The zero-order valence-electron chi connectivity index (χ0n) is 19.0. The summed E-state index contributed by atoms with van der Waals surface area (Å²) in [6.07, 6.45) is 1.97. The van der Waals surface area contributed by atoms with Gasteiger partial charge in [0.25, 0.3) is 0 Å². The monoisotopic (exact) mass is 467 g/mol. The van der Waals surface area contributed by atoms with E-state index in [-0.39, 0.29) is 34.9 Å². The van der Waals surface area contributed by atoms with Gasteiger partial charge in [0.2, 0.25) is 21.8 Å². The number of sulfonamides is 1. The van der Waals surface area contributed by atoms with Gasteiger partial charge in [-0.15, -0.1) is 11.8 Å². The number of carbonyl (C=O) groups is 2. The first kappa shape index (κ1) is 24.1. The molecule has 3 rings (SSSR count). The predicted octanol–water partition coefficient (Wildman–Crippen LogP) is 3.24. The van der Waals surface area contributed by atoms with Crippen LogP contribution in [0.2, 0.25) is 0 Å². The average molecular weight is 468 g/mol. The molecule has 0 unspecified atom stereocenters. The van der Waals surface area contributed by atoms with Gasteiger partial charge in [-0.1, -0.05) is 13.8 Å². The molecule has 172 valence electrons. The van der Waals surface area contributed by atoms with Crippen LogP contribution in [0.3, 0.4) is 0 Å². The lowest BCUT2D eigenvalue weighted by Crippen LogP contribution is -2.47. The van der Waals surface area contributed by atoms with Crippen LogP contribution in [-0.2, 0) is 19.6 Å². The molecular weight excluding hydrogens is 434 g/mol. The quantitative estimate of drug-likeness (QED) is 0.735. The molecule has 0 radical (unpaired) electrons. The average Bonchev–Trinajstić information content (AvgIpc) is 2.76. The maximum absolute atomic E-state index is 13.3. The lowest BCUT2D eigenvalue weighted by Gasteiger charge is -2.30. The Morgan fingerprint density at radius 1 is 1.19 bits per heavy atom. The molecule has 7 nitrogen and oxygen atoms in total. The van der Waals surface area contributed by atoms with Gasteiger partial charge in [-0.25, -0.2) is 8.42 Å². The number of thioether (sulfide) groups is 1. The minimum absolute atomic E-state index is 0.0352. The molecule has 31 heavy (non-hydrogen) atoms. The van der Waals surface area contributed by atoms with Gasteiger partial charge in [0.05, 0.1) is 10.6 Å². The van der Waals surface area contributed by atoms with Crippen molar-refractivity contribution in [2.24, 2.45) is 5.92 Å². The first-order valence-corrected chi connectivity index (χ1v) is 13.1. The fourth-order valence-corrected chi connectivity index (χ4v) is 6.45. The molecule has 2 aliphatic rings. The Kier molecular flexibility index (Phi) is 7.08. The molecule has 1 fully saturated rings. The van der Waals surface area contributed by atoms with Gasteiger partial charge < -0.3 is 10.2 Å². The molecule has 1 aromatic rings. The number of rotatable bonds is 4. The zero-order valence-corrected chi connectivity index (χ0v) is 20.6. The topological polar surface area (TPSA) is 86.8 Å². The van der Waals surface area contributed by atoms with Gasteiger partial charge in [-0.3, -0.25) is 9.59 Å². The number of carbonyl (C=O) groups excluding carboxylic acids is 2. The van der Waals surface area contributed by atoms with Crippen molar-refractivity contribution in [3.8, 4) is 0 Å². The van der Waals surface area contributed by atoms with Crippen molar-refractivity contribution in [2.45, 2.75) is 74.5 Å². The smallest absolute Gasteiger partial charge is 0.243 e. The third kappa shape index (κ3) is 5.81. The van der Waals surface area contributed by atoms with E-state index in [0.717, 1.165) is 17.7 Å². The minimum atomic E-state index is -3.66. The maximum atomic E-state index is 13.3. The van der Waals surface area contributed by atoms with E-state index in [1.165, 1.54) is 21.0 Å². The first-order chi connectivity index (χ1) is 14.4. The van der Waals surface area contributed by atoms with Crippen LogP contribution >= 0.6 is 11.8 Å².